The first-order valence-electron chi connectivity index (χ1n) is 14.3. The van der Waals surface area contributed by atoms with Gasteiger partial charge in [0.2, 0.25) is 12.6 Å². The molecule has 4 aliphatic rings. The number of rotatable bonds is 0. The van der Waals surface area contributed by atoms with Crippen LogP contribution in [0.1, 0.15) is 49.7 Å². The summed E-state index contributed by atoms with van der Waals surface area (Å²) < 4.78 is 34.4. The average Bonchev–Trinajstić information content (AvgIpc) is 3.36. The molecule has 2 fully saturated rings. The van der Waals surface area contributed by atoms with Crippen LogP contribution in [0.15, 0.2) is 67.0 Å². The number of para-hydroxylation sites is 2. The van der Waals surface area contributed by atoms with Crippen molar-refractivity contribution < 1.29 is 27.8 Å². The van der Waals surface area contributed by atoms with Gasteiger partial charge in [0.15, 0.2) is 0 Å². The van der Waals surface area contributed by atoms with Gasteiger partial charge in [0.05, 0.1) is 35.1 Å². The van der Waals surface area contributed by atoms with Gasteiger partial charge in [0.25, 0.3) is 0 Å². The van der Waals surface area contributed by atoms with E-state index in [4.69, 9.17) is 27.8 Å². The van der Waals surface area contributed by atoms with Crippen molar-refractivity contribution in [3.05, 3.63) is 80.5 Å². The minimum atomic E-state index is -0.276. The van der Waals surface area contributed by atoms with Crippen molar-refractivity contribution in [3.8, 4) is 11.5 Å². The quantitative estimate of drug-likeness (QED) is 0.259. The topological polar surface area (TPSA) is 97.3 Å². The molecule has 0 spiro atoms. The molecule has 0 unspecified atom stereocenters. The Morgan fingerprint density at radius 1 is 0.575 bits per heavy atom. The Kier molecular flexibility index (Phi) is 6.81. The number of fused-ring (bicyclic) bond motifs is 8. The predicted molar refractivity (Wildman–Crippen MR) is 148 cm³/mol. The van der Waals surface area contributed by atoms with Crippen molar-refractivity contribution in [1.82, 2.24) is 0 Å². The first kappa shape index (κ1) is 25.4. The Morgan fingerprint density at radius 3 is 1.50 bits per heavy atom. The summed E-state index contributed by atoms with van der Waals surface area (Å²) in [4.78, 5) is 24.3. The molecule has 40 heavy (non-hydrogen) atoms. The lowest BCUT2D eigenvalue weighted by atomic mass is 9.91. The van der Waals surface area contributed by atoms with E-state index in [9.17, 15) is 9.59 Å². The van der Waals surface area contributed by atoms with E-state index in [0.29, 0.717) is 46.6 Å². The summed E-state index contributed by atoms with van der Waals surface area (Å²) >= 11 is 0. The molecule has 8 rings (SSSR count). The Morgan fingerprint density at radius 2 is 1.02 bits per heavy atom. The van der Waals surface area contributed by atoms with Gasteiger partial charge in [0.1, 0.15) is 22.7 Å². The van der Waals surface area contributed by atoms with Gasteiger partial charge in [-0.25, -0.2) is 9.59 Å². The number of hydrogen-bond acceptors (Lipinski definition) is 8. The summed E-state index contributed by atoms with van der Waals surface area (Å²) in [5, 5.41) is 1.71. The second kappa shape index (κ2) is 10.7. The summed E-state index contributed by atoms with van der Waals surface area (Å²) in [6.45, 7) is 1.46. The van der Waals surface area contributed by atoms with Crippen molar-refractivity contribution in [2.75, 3.05) is 13.2 Å². The highest BCUT2D eigenvalue weighted by molar-refractivity contribution is 5.85. The zero-order valence-electron chi connectivity index (χ0n) is 22.3. The van der Waals surface area contributed by atoms with Crippen molar-refractivity contribution in [3.63, 3.8) is 0 Å². The van der Waals surface area contributed by atoms with Crippen LogP contribution in [0.3, 0.4) is 0 Å². The second-order valence-electron chi connectivity index (χ2n) is 11.0. The molecule has 0 amide bonds. The van der Waals surface area contributed by atoms with Crippen LogP contribution in [-0.4, -0.2) is 25.8 Å². The zero-order valence-corrected chi connectivity index (χ0v) is 22.3. The van der Waals surface area contributed by atoms with Gasteiger partial charge in [-0.3, -0.25) is 0 Å². The molecule has 4 aliphatic heterocycles. The molecule has 0 N–H and O–H groups in total. The highest BCUT2D eigenvalue weighted by Crippen LogP contribution is 2.39. The van der Waals surface area contributed by atoms with Crippen LogP contribution >= 0.6 is 0 Å². The summed E-state index contributed by atoms with van der Waals surface area (Å²) in [5.41, 5.74) is 1.92. The fourth-order valence-electron chi connectivity index (χ4n) is 6.32. The molecule has 4 aromatic rings. The van der Waals surface area contributed by atoms with Gasteiger partial charge in [-0.2, -0.15) is 0 Å². The number of ether oxygens (including phenoxy) is 4. The minimum Gasteiger partial charge on any atom is -0.463 e. The van der Waals surface area contributed by atoms with Gasteiger partial charge >= 0.3 is 11.3 Å². The maximum absolute atomic E-state index is 12.2. The van der Waals surface area contributed by atoms with Crippen LogP contribution in [0.4, 0.5) is 0 Å². The fraction of sp³-hybridized carbons (Fsp3) is 0.438. The van der Waals surface area contributed by atoms with Gasteiger partial charge in [-0.05, 0) is 62.8 Å². The lowest BCUT2D eigenvalue weighted by Gasteiger charge is -2.31. The van der Waals surface area contributed by atoms with Crippen LogP contribution in [0.2, 0.25) is 0 Å². The highest BCUT2D eigenvalue weighted by atomic mass is 16.7. The van der Waals surface area contributed by atoms with E-state index in [1.54, 1.807) is 12.1 Å². The summed E-state index contributed by atoms with van der Waals surface area (Å²) in [7, 11) is 0. The zero-order chi connectivity index (χ0) is 27.1. The summed E-state index contributed by atoms with van der Waals surface area (Å²) in [6.07, 6.45) is 7.36. The van der Waals surface area contributed by atoms with E-state index in [1.165, 1.54) is 0 Å². The summed E-state index contributed by atoms with van der Waals surface area (Å²) in [6, 6.07) is 15.0. The third kappa shape index (κ3) is 4.69. The third-order valence-corrected chi connectivity index (χ3v) is 8.38. The van der Waals surface area contributed by atoms with Gasteiger partial charge < -0.3 is 27.8 Å². The van der Waals surface area contributed by atoms with Crippen LogP contribution in [0, 0.1) is 11.8 Å². The Balaban J connectivity index is 0.000000132. The van der Waals surface area contributed by atoms with E-state index >= 15 is 0 Å². The maximum atomic E-state index is 12.2. The molecule has 0 radical (unpaired) electrons. The van der Waals surface area contributed by atoms with E-state index in [-0.39, 0.29) is 35.7 Å². The third-order valence-electron chi connectivity index (χ3n) is 8.38. The van der Waals surface area contributed by atoms with Crippen LogP contribution in [-0.2, 0) is 22.3 Å². The van der Waals surface area contributed by atoms with Crippen LogP contribution < -0.4 is 20.7 Å². The van der Waals surface area contributed by atoms with E-state index < -0.39 is 0 Å². The van der Waals surface area contributed by atoms with Crippen molar-refractivity contribution in [2.45, 2.75) is 63.9 Å². The van der Waals surface area contributed by atoms with Gasteiger partial charge in [0, 0.05) is 11.8 Å². The highest BCUT2D eigenvalue weighted by Gasteiger charge is 2.36. The molecule has 2 saturated heterocycles. The molecule has 208 valence electrons. The lowest BCUT2D eigenvalue weighted by molar-refractivity contribution is -0.115. The van der Waals surface area contributed by atoms with E-state index in [2.05, 4.69) is 0 Å². The molecule has 4 atom stereocenters. The Hall–Kier alpha value is -3.62. The normalized spacial score (nSPS) is 25.4. The molecule has 8 nitrogen and oxygen atoms in total. The SMILES string of the molecule is O=c1oc2ccccc2c2c1C[C@@H]1CCCCO[C@H]1O2.O=c1oc2ccccc2c2c1C[C@H]1CCCCO[C@@H]1O2. The Labute approximate surface area is 230 Å². The lowest BCUT2D eigenvalue weighted by Crippen LogP contribution is -2.36. The van der Waals surface area contributed by atoms with Crippen molar-refractivity contribution >= 4 is 21.9 Å². The molecule has 0 saturated carbocycles. The number of benzene rings is 2. The maximum Gasteiger partial charge on any atom is 0.343 e. The van der Waals surface area contributed by atoms with Gasteiger partial charge in [-0.1, -0.05) is 37.1 Å². The van der Waals surface area contributed by atoms with Gasteiger partial charge in [-0.15, -0.1) is 0 Å². The summed E-state index contributed by atoms with van der Waals surface area (Å²) in [5.74, 6) is 1.82. The molecular formula is C32H32O8. The molecule has 2 aromatic carbocycles. The molecule has 8 heteroatoms. The molecule has 0 aliphatic carbocycles. The largest absolute Gasteiger partial charge is 0.463 e. The fourth-order valence-corrected chi connectivity index (χ4v) is 6.32. The predicted octanol–water partition coefficient (Wildman–Crippen LogP) is 5.74. The first-order chi connectivity index (χ1) is 19.7. The molecule has 0 bridgehead atoms. The van der Waals surface area contributed by atoms with E-state index in [1.807, 2.05) is 36.4 Å². The average molecular weight is 545 g/mol. The molecule has 6 heterocycles. The smallest absolute Gasteiger partial charge is 0.343 e. The first-order valence-corrected chi connectivity index (χ1v) is 14.3. The minimum absolute atomic E-state index is 0.227. The van der Waals surface area contributed by atoms with Crippen molar-refractivity contribution in [1.29, 1.82) is 0 Å². The Bertz CT molecular complexity index is 1530. The number of hydrogen-bond donors (Lipinski definition) is 0. The molecule has 2 aromatic heterocycles. The second-order valence-corrected chi connectivity index (χ2v) is 11.0. The van der Waals surface area contributed by atoms with Crippen LogP contribution in [0.5, 0.6) is 11.5 Å². The van der Waals surface area contributed by atoms with Crippen molar-refractivity contribution in [2.24, 2.45) is 11.8 Å². The van der Waals surface area contributed by atoms with E-state index in [0.717, 1.165) is 62.5 Å². The monoisotopic (exact) mass is 544 g/mol. The standard InChI is InChI=1S/2C16H16O4/c2*17-15-12-9-10-5-3-4-8-18-16(10)20-14(12)11-6-1-2-7-13(11)19-15/h2*1-2,6-7,10,16H,3-5,8-9H2/t2*10-,16-/m10/s1. The van der Waals surface area contributed by atoms with Crippen LogP contribution in [0.25, 0.3) is 21.9 Å². The molecular weight excluding hydrogens is 512 g/mol.